The predicted octanol–water partition coefficient (Wildman–Crippen LogP) is 3.00. The zero-order valence-electron chi connectivity index (χ0n) is 14.5. The molecule has 2 aromatic carbocycles. The van der Waals surface area contributed by atoms with Crippen LogP contribution in [0.25, 0.3) is 0 Å². The SMILES string of the molecule is CCCC(=O)Nc1ccc(C(=O)NNC(=O)OCc2ccccc2)cc1. The van der Waals surface area contributed by atoms with E-state index in [1.165, 1.54) is 0 Å². The van der Waals surface area contributed by atoms with E-state index in [1.807, 2.05) is 37.3 Å². The first-order valence-electron chi connectivity index (χ1n) is 8.25. The summed E-state index contributed by atoms with van der Waals surface area (Å²) in [5, 5.41) is 2.73. The van der Waals surface area contributed by atoms with Crippen molar-refractivity contribution in [1.29, 1.82) is 0 Å². The Bertz CT molecular complexity index is 745. The number of carbonyl (C=O) groups excluding carboxylic acids is 3. The van der Waals surface area contributed by atoms with Crippen LogP contribution in [0.5, 0.6) is 0 Å². The minimum atomic E-state index is -0.759. The quantitative estimate of drug-likeness (QED) is 0.694. The molecule has 0 aliphatic carbocycles. The minimum Gasteiger partial charge on any atom is -0.443 e. The maximum atomic E-state index is 12.0. The number of anilines is 1. The Morgan fingerprint density at radius 2 is 1.62 bits per heavy atom. The van der Waals surface area contributed by atoms with Gasteiger partial charge in [0, 0.05) is 17.7 Å². The van der Waals surface area contributed by atoms with Crippen LogP contribution in [0.2, 0.25) is 0 Å². The molecule has 136 valence electrons. The van der Waals surface area contributed by atoms with E-state index in [0.717, 1.165) is 12.0 Å². The largest absolute Gasteiger partial charge is 0.443 e. The van der Waals surface area contributed by atoms with Crippen LogP contribution in [0.3, 0.4) is 0 Å². The number of benzene rings is 2. The third-order valence-corrected chi connectivity index (χ3v) is 3.40. The molecule has 0 aliphatic rings. The molecule has 3 amide bonds. The number of nitrogens with one attached hydrogen (secondary N) is 3. The lowest BCUT2D eigenvalue weighted by atomic mass is 10.2. The maximum absolute atomic E-state index is 12.0. The second kappa shape index (κ2) is 9.83. The summed E-state index contributed by atoms with van der Waals surface area (Å²) in [5.74, 6) is -0.569. The standard InChI is InChI=1S/C19H21N3O4/c1-2-6-17(23)20-16-11-9-15(10-12-16)18(24)21-22-19(25)26-13-14-7-4-3-5-8-14/h3-5,7-12H,2,6,13H2,1H3,(H,20,23)(H,21,24)(H,22,25). The lowest BCUT2D eigenvalue weighted by Crippen LogP contribution is -2.41. The van der Waals surface area contributed by atoms with Crippen LogP contribution >= 0.6 is 0 Å². The third-order valence-electron chi connectivity index (χ3n) is 3.40. The summed E-state index contributed by atoms with van der Waals surface area (Å²) in [4.78, 5) is 35.1. The third kappa shape index (κ3) is 6.27. The fraction of sp³-hybridized carbons (Fsp3) is 0.211. The molecule has 7 nitrogen and oxygen atoms in total. The number of hydrogen-bond donors (Lipinski definition) is 3. The van der Waals surface area contributed by atoms with Crippen LogP contribution in [0.4, 0.5) is 10.5 Å². The molecule has 0 aliphatic heterocycles. The zero-order valence-corrected chi connectivity index (χ0v) is 14.5. The van der Waals surface area contributed by atoms with Crippen LogP contribution in [0.15, 0.2) is 54.6 Å². The van der Waals surface area contributed by atoms with E-state index < -0.39 is 12.0 Å². The Kier molecular flexibility index (Phi) is 7.17. The molecule has 0 saturated heterocycles. The van der Waals surface area contributed by atoms with Crippen LogP contribution < -0.4 is 16.2 Å². The highest BCUT2D eigenvalue weighted by Crippen LogP contribution is 2.10. The molecule has 0 bridgehead atoms. The van der Waals surface area contributed by atoms with Crippen LogP contribution in [-0.4, -0.2) is 17.9 Å². The van der Waals surface area contributed by atoms with E-state index in [0.29, 0.717) is 17.7 Å². The Morgan fingerprint density at radius 1 is 0.923 bits per heavy atom. The van der Waals surface area contributed by atoms with E-state index in [9.17, 15) is 14.4 Å². The Balaban J connectivity index is 1.76. The topological polar surface area (TPSA) is 96.5 Å². The maximum Gasteiger partial charge on any atom is 0.426 e. The molecular formula is C19H21N3O4. The van der Waals surface area contributed by atoms with Crippen molar-refractivity contribution in [2.45, 2.75) is 26.4 Å². The molecule has 0 saturated carbocycles. The fourth-order valence-corrected chi connectivity index (χ4v) is 2.09. The summed E-state index contributed by atoms with van der Waals surface area (Å²) in [5.41, 5.74) is 6.23. The van der Waals surface area contributed by atoms with E-state index in [-0.39, 0.29) is 12.5 Å². The second-order valence-electron chi connectivity index (χ2n) is 5.52. The predicted molar refractivity (Wildman–Crippen MR) is 97.2 cm³/mol. The molecular weight excluding hydrogens is 334 g/mol. The van der Waals surface area contributed by atoms with Gasteiger partial charge in [0.15, 0.2) is 0 Å². The first kappa shape index (κ1) is 19.0. The lowest BCUT2D eigenvalue weighted by molar-refractivity contribution is -0.116. The van der Waals surface area contributed by atoms with Crippen molar-refractivity contribution in [3.05, 3.63) is 65.7 Å². The van der Waals surface area contributed by atoms with Gasteiger partial charge in [-0.2, -0.15) is 0 Å². The first-order valence-corrected chi connectivity index (χ1v) is 8.25. The van der Waals surface area contributed by atoms with Gasteiger partial charge in [0.05, 0.1) is 0 Å². The lowest BCUT2D eigenvalue weighted by Gasteiger charge is -2.09. The van der Waals surface area contributed by atoms with E-state index >= 15 is 0 Å². The number of hydrazine groups is 1. The van der Waals surface area contributed by atoms with Gasteiger partial charge in [0.2, 0.25) is 5.91 Å². The Morgan fingerprint density at radius 3 is 2.27 bits per heavy atom. The van der Waals surface area contributed by atoms with Crippen LogP contribution in [0, 0.1) is 0 Å². The summed E-state index contributed by atoms with van der Waals surface area (Å²) >= 11 is 0. The van der Waals surface area contributed by atoms with Gasteiger partial charge in [-0.05, 0) is 36.2 Å². The van der Waals surface area contributed by atoms with Gasteiger partial charge in [-0.1, -0.05) is 37.3 Å². The highest BCUT2D eigenvalue weighted by atomic mass is 16.6. The van der Waals surface area contributed by atoms with Gasteiger partial charge >= 0.3 is 6.09 Å². The Labute approximate surface area is 151 Å². The number of ether oxygens (including phenoxy) is 1. The van der Waals surface area contributed by atoms with Gasteiger partial charge in [0.25, 0.3) is 5.91 Å². The van der Waals surface area contributed by atoms with Crippen molar-refractivity contribution in [3.63, 3.8) is 0 Å². The van der Waals surface area contributed by atoms with E-state index in [1.54, 1.807) is 24.3 Å². The molecule has 0 fully saturated rings. The molecule has 0 atom stereocenters. The minimum absolute atomic E-state index is 0.0764. The van der Waals surface area contributed by atoms with Gasteiger partial charge in [0.1, 0.15) is 6.61 Å². The monoisotopic (exact) mass is 355 g/mol. The molecule has 3 N–H and O–H groups in total. The van der Waals surface area contributed by atoms with Crippen molar-refractivity contribution < 1.29 is 19.1 Å². The first-order chi connectivity index (χ1) is 12.6. The van der Waals surface area contributed by atoms with E-state index in [2.05, 4.69) is 16.2 Å². The summed E-state index contributed by atoms with van der Waals surface area (Å²) < 4.78 is 4.99. The van der Waals surface area contributed by atoms with Crippen LogP contribution in [0.1, 0.15) is 35.7 Å². The molecule has 0 spiro atoms. The average Bonchev–Trinajstić information content (AvgIpc) is 2.66. The van der Waals surface area contributed by atoms with Gasteiger partial charge in [-0.3, -0.25) is 15.0 Å². The zero-order chi connectivity index (χ0) is 18.8. The number of hydrogen-bond acceptors (Lipinski definition) is 4. The molecule has 0 aromatic heterocycles. The average molecular weight is 355 g/mol. The molecule has 2 aromatic rings. The highest BCUT2D eigenvalue weighted by Gasteiger charge is 2.09. The highest BCUT2D eigenvalue weighted by molar-refractivity contribution is 5.96. The number of rotatable bonds is 6. The van der Waals surface area contributed by atoms with Gasteiger partial charge in [-0.15, -0.1) is 0 Å². The van der Waals surface area contributed by atoms with Crippen molar-refractivity contribution in [3.8, 4) is 0 Å². The van der Waals surface area contributed by atoms with Crippen molar-refractivity contribution >= 4 is 23.6 Å². The van der Waals surface area contributed by atoms with Crippen molar-refractivity contribution in [2.24, 2.45) is 0 Å². The number of carbonyl (C=O) groups is 3. The van der Waals surface area contributed by atoms with Crippen molar-refractivity contribution in [1.82, 2.24) is 10.9 Å². The number of amides is 3. The van der Waals surface area contributed by atoms with Gasteiger partial charge in [-0.25, -0.2) is 10.2 Å². The summed E-state index contributed by atoms with van der Waals surface area (Å²) in [6, 6.07) is 15.5. The fourth-order valence-electron chi connectivity index (χ4n) is 2.09. The summed E-state index contributed by atoms with van der Waals surface area (Å²) in [7, 11) is 0. The molecule has 0 radical (unpaired) electrons. The molecule has 2 rings (SSSR count). The van der Waals surface area contributed by atoms with Crippen LogP contribution in [-0.2, 0) is 16.1 Å². The second-order valence-corrected chi connectivity index (χ2v) is 5.52. The van der Waals surface area contributed by atoms with E-state index in [4.69, 9.17) is 4.74 Å². The van der Waals surface area contributed by atoms with Gasteiger partial charge < -0.3 is 10.1 Å². The summed E-state index contributed by atoms with van der Waals surface area (Å²) in [6.45, 7) is 2.03. The molecule has 26 heavy (non-hydrogen) atoms. The smallest absolute Gasteiger partial charge is 0.426 e. The Hall–Kier alpha value is -3.35. The molecule has 0 heterocycles. The normalized spacial score (nSPS) is 9.88. The molecule has 0 unspecified atom stereocenters. The summed E-state index contributed by atoms with van der Waals surface area (Å²) in [6.07, 6.45) is 0.445. The van der Waals surface area contributed by atoms with Crippen molar-refractivity contribution in [2.75, 3.05) is 5.32 Å². The molecule has 7 heteroatoms.